The largest absolute Gasteiger partial charge is 0.373 e. The summed E-state index contributed by atoms with van der Waals surface area (Å²) < 4.78 is 7.52. The number of anilines is 1. The monoisotopic (exact) mass is 304 g/mol. The lowest BCUT2D eigenvalue weighted by molar-refractivity contribution is -0.0678. The lowest BCUT2D eigenvalue weighted by atomic mass is 10.2. The Balaban J connectivity index is 1.50. The Morgan fingerprint density at radius 3 is 2.82 bits per heavy atom. The number of morpholine rings is 1. The summed E-state index contributed by atoms with van der Waals surface area (Å²) in [6.45, 7) is 8.28. The number of nitrogens with one attached hydrogen (secondary N) is 1. The van der Waals surface area contributed by atoms with Crippen LogP contribution in [0, 0.1) is 0 Å². The molecule has 1 fully saturated rings. The predicted molar refractivity (Wildman–Crippen MR) is 85.9 cm³/mol. The average Bonchev–Trinajstić information content (AvgIpc) is 2.85. The molecule has 0 aliphatic carbocycles. The summed E-state index contributed by atoms with van der Waals surface area (Å²) in [6, 6.07) is 0. The Labute approximate surface area is 130 Å². The van der Waals surface area contributed by atoms with Gasteiger partial charge >= 0.3 is 0 Å². The SMILES string of the molecule is C[C@@H]1CN(CCCNc2ncnc3c2cnn3C)C[C@@H](C)O1. The molecule has 0 aromatic carbocycles. The number of hydrogen-bond acceptors (Lipinski definition) is 6. The van der Waals surface area contributed by atoms with Gasteiger partial charge in [-0.3, -0.25) is 9.58 Å². The Morgan fingerprint density at radius 2 is 2.05 bits per heavy atom. The van der Waals surface area contributed by atoms with Gasteiger partial charge in [-0.15, -0.1) is 0 Å². The van der Waals surface area contributed by atoms with Gasteiger partial charge in [0.15, 0.2) is 5.65 Å². The molecule has 2 atom stereocenters. The van der Waals surface area contributed by atoms with E-state index >= 15 is 0 Å². The first-order valence-corrected chi connectivity index (χ1v) is 7.88. The second-order valence-corrected chi connectivity index (χ2v) is 6.02. The van der Waals surface area contributed by atoms with E-state index in [9.17, 15) is 0 Å². The van der Waals surface area contributed by atoms with Gasteiger partial charge in [-0.2, -0.15) is 5.10 Å². The number of fused-ring (bicyclic) bond motifs is 1. The fourth-order valence-corrected chi connectivity index (χ4v) is 3.08. The van der Waals surface area contributed by atoms with Gasteiger partial charge in [-0.1, -0.05) is 0 Å². The van der Waals surface area contributed by atoms with Gasteiger partial charge < -0.3 is 10.1 Å². The summed E-state index contributed by atoms with van der Waals surface area (Å²) >= 11 is 0. The molecule has 7 heteroatoms. The molecule has 1 saturated heterocycles. The lowest BCUT2D eigenvalue weighted by Gasteiger charge is -2.35. The van der Waals surface area contributed by atoms with E-state index < -0.39 is 0 Å². The smallest absolute Gasteiger partial charge is 0.163 e. The van der Waals surface area contributed by atoms with Crippen molar-refractivity contribution in [2.45, 2.75) is 32.5 Å². The van der Waals surface area contributed by atoms with Gasteiger partial charge in [0.1, 0.15) is 12.1 Å². The summed E-state index contributed by atoms with van der Waals surface area (Å²) in [5.74, 6) is 0.863. The van der Waals surface area contributed by atoms with E-state index in [1.807, 2.05) is 13.2 Å². The summed E-state index contributed by atoms with van der Waals surface area (Å²) in [5.41, 5.74) is 0.855. The molecular weight excluding hydrogens is 280 g/mol. The van der Waals surface area contributed by atoms with E-state index in [0.29, 0.717) is 12.2 Å². The Morgan fingerprint density at radius 1 is 1.27 bits per heavy atom. The second kappa shape index (κ2) is 6.58. The minimum absolute atomic E-state index is 0.327. The third-order valence-electron chi connectivity index (χ3n) is 3.97. The molecule has 2 aromatic rings. The number of nitrogens with zero attached hydrogens (tertiary/aromatic N) is 5. The van der Waals surface area contributed by atoms with Crippen molar-refractivity contribution in [1.29, 1.82) is 0 Å². The van der Waals surface area contributed by atoms with E-state index in [1.165, 1.54) is 0 Å². The fourth-order valence-electron chi connectivity index (χ4n) is 3.08. The quantitative estimate of drug-likeness (QED) is 0.839. The van der Waals surface area contributed by atoms with Crippen LogP contribution in [0.2, 0.25) is 0 Å². The van der Waals surface area contributed by atoms with Crippen molar-refractivity contribution in [3.05, 3.63) is 12.5 Å². The molecule has 0 bridgehead atoms. The molecular formula is C15H24N6O. The molecule has 2 aromatic heterocycles. The van der Waals surface area contributed by atoms with Crippen LogP contribution in [-0.4, -0.2) is 63.0 Å². The Bertz CT molecular complexity index is 618. The molecule has 1 aliphatic rings. The van der Waals surface area contributed by atoms with Crippen molar-refractivity contribution in [2.24, 2.45) is 7.05 Å². The Hall–Kier alpha value is -1.73. The van der Waals surface area contributed by atoms with Gasteiger partial charge in [0.25, 0.3) is 0 Å². The summed E-state index contributed by atoms with van der Waals surface area (Å²) in [4.78, 5) is 11.0. The van der Waals surface area contributed by atoms with Crippen molar-refractivity contribution in [3.8, 4) is 0 Å². The zero-order valence-corrected chi connectivity index (χ0v) is 13.5. The van der Waals surface area contributed by atoms with Crippen LogP contribution >= 0.6 is 0 Å². The first-order chi connectivity index (χ1) is 10.6. The molecule has 3 heterocycles. The van der Waals surface area contributed by atoms with Crippen molar-refractivity contribution >= 4 is 16.9 Å². The van der Waals surface area contributed by atoms with Crippen LogP contribution in [0.5, 0.6) is 0 Å². The molecule has 0 amide bonds. The van der Waals surface area contributed by atoms with Crippen molar-refractivity contribution in [2.75, 3.05) is 31.5 Å². The zero-order valence-electron chi connectivity index (χ0n) is 13.5. The van der Waals surface area contributed by atoms with Crippen LogP contribution in [0.15, 0.2) is 12.5 Å². The molecule has 0 spiro atoms. The Kier molecular flexibility index (Phi) is 4.54. The van der Waals surface area contributed by atoms with E-state index in [-0.39, 0.29) is 0 Å². The number of aromatic nitrogens is 4. The highest BCUT2D eigenvalue weighted by molar-refractivity contribution is 5.85. The van der Waals surface area contributed by atoms with E-state index in [2.05, 4.69) is 39.1 Å². The maximum atomic E-state index is 5.76. The van der Waals surface area contributed by atoms with Gasteiger partial charge in [0, 0.05) is 33.2 Å². The molecule has 0 saturated carbocycles. The average molecular weight is 304 g/mol. The van der Waals surface area contributed by atoms with Gasteiger partial charge in [-0.25, -0.2) is 9.97 Å². The van der Waals surface area contributed by atoms with Gasteiger partial charge in [0.2, 0.25) is 0 Å². The first-order valence-electron chi connectivity index (χ1n) is 7.88. The van der Waals surface area contributed by atoms with Crippen LogP contribution < -0.4 is 5.32 Å². The molecule has 3 rings (SSSR count). The van der Waals surface area contributed by atoms with Crippen LogP contribution in [0.1, 0.15) is 20.3 Å². The molecule has 7 nitrogen and oxygen atoms in total. The van der Waals surface area contributed by atoms with Crippen LogP contribution in [0.25, 0.3) is 11.0 Å². The highest BCUT2D eigenvalue weighted by Gasteiger charge is 2.21. The third kappa shape index (κ3) is 3.36. The van der Waals surface area contributed by atoms with Crippen molar-refractivity contribution in [1.82, 2.24) is 24.6 Å². The molecule has 0 unspecified atom stereocenters. The molecule has 1 aliphatic heterocycles. The lowest BCUT2D eigenvalue weighted by Crippen LogP contribution is -2.45. The van der Waals surface area contributed by atoms with Crippen LogP contribution in [-0.2, 0) is 11.8 Å². The molecule has 22 heavy (non-hydrogen) atoms. The summed E-state index contributed by atoms with van der Waals surface area (Å²) in [7, 11) is 1.89. The van der Waals surface area contributed by atoms with Crippen LogP contribution in [0.3, 0.4) is 0 Å². The highest BCUT2D eigenvalue weighted by Crippen LogP contribution is 2.17. The summed E-state index contributed by atoms with van der Waals surface area (Å²) in [6.07, 6.45) is 5.12. The number of rotatable bonds is 5. The number of ether oxygens (including phenoxy) is 1. The molecule has 120 valence electrons. The highest BCUT2D eigenvalue weighted by atomic mass is 16.5. The van der Waals surface area contributed by atoms with Crippen LogP contribution in [0.4, 0.5) is 5.82 Å². The molecule has 0 radical (unpaired) electrons. The second-order valence-electron chi connectivity index (χ2n) is 6.02. The van der Waals surface area contributed by atoms with Gasteiger partial charge in [-0.05, 0) is 20.3 Å². The standard InChI is InChI=1S/C15H24N6O/c1-11-8-21(9-12(2)22-11)6-4-5-16-14-13-7-19-20(3)15(13)18-10-17-14/h7,10-12H,4-6,8-9H2,1-3H3,(H,16,17,18)/t11-,12-/m1/s1. The fraction of sp³-hybridized carbons (Fsp3) is 0.667. The van der Waals surface area contributed by atoms with Crippen molar-refractivity contribution < 1.29 is 4.74 Å². The minimum atomic E-state index is 0.327. The maximum Gasteiger partial charge on any atom is 0.163 e. The van der Waals surface area contributed by atoms with E-state index in [0.717, 1.165) is 49.5 Å². The minimum Gasteiger partial charge on any atom is -0.373 e. The third-order valence-corrected chi connectivity index (χ3v) is 3.97. The maximum absolute atomic E-state index is 5.76. The number of aryl methyl sites for hydroxylation is 1. The predicted octanol–water partition coefficient (Wildman–Crippen LogP) is 1.27. The summed E-state index contributed by atoms with van der Waals surface area (Å²) in [5, 5.41) is 8.60. The number of hydrogen-bond donors (Lipinski definition) is 1. The van der Waals surface area contributed by atoms with E-state index in [4.69, 9.17) is 4.74 Å². The van der Waals surface area contributed by atoms with Crippen molar-refractivity contribution in [3.63, 3.8) is 0 Å². The first kappa shape index (κ1) is 15.2. The zero-order chi connectivity index (χ0) is 15.5. The molecule has 1 N–H and O–H groups in total. The van der Waals surface area contributed by atoms with E-state index in [1.54, 1.807) is 11.0 Å². The van der Waals surface area contributed by atoms with Gasteiger partial charge in [0.05, 0.1) is 23.8 Å². The topological polar surface area (TPSA) is 68.1 Å². The normalized spacial score (nSPS) is 23.0.